The first-order valence-electron chi connectivity index (χ1n) is 8.88. The molecule has 1 saturated heterocycles. The number of halogens is 3. The van der Waals surface area contributed by atoms with Crippen LogP contribution in [0.1, 0.15) is 23.2 Å². The molecule has 2 aromatic rings. The number of hydrogen-bond acceptors (Lipinski definition) is 3. The van der Waals surface area contributed by atoms with E-state index in [2.05, 4.69) is 17.2 Å². The molecule has 0 aliphatic carbocycles. The average Bonchev–Trinajstić information content (AvgIpc) is 2.65. The zero-order valence-corrected chi connectivity index (χ0v) is 16.2. The van der Waals surface area contributed by atoms with Crippen molar-refractivity contribution in [3.63, 3.8) is 0 Å². The first-order chi connectivity index (χ1) is 13.8. The molecule has 1 aliphatic rings. The van der Waals surface area contributed by atoms with Crippen LogP contribution in [0, 0.1) is 17.0 Å². The molecule has 0 aromatic heterocycles. The van der Waals surface area contributed by atoms with Crippen molar-refractivity contribution < 1.29 is 23.1 Å². The fraction of sp³-hybridized carbons (Fsp3) is 0.238. The second-order valence-electron chi connectivity index (χ2n) is 6.92. The van der Waals surface area contributed by atoms with Gasteiger partial charge in [-0.2, -0.15) is 0 Å². The van der Waals surface area contributed by atoms with Crippen LogP contribution in [0.25, 0.3) is 0 Å². The van der Waals surface area contributed by atoms with E-state index in [0.717, 1.165) is 12.1 Å². The van der Waals surface area contributed by atoms with Crippen molar-refractivity contribution in [2.45, 2.75) is 12.8 Å². The zero-order valence-electron chi connectivity index (χ0n) is 15.4. The lowest BCUT2D eigenvalue weighted by molar-refractivity contribution is -0.157. The Morgan fingerprint density at radius 1 is 1.10 bits per heavy atom. The van der Waals surface area contributed by atoms with Gasteiger partial charge in [0.25, 0.3) is 5.91 Å². The predicted octanol–water partition coefficient (Wildman–Crippen LogP) is 4.30. The smallest absolute Gasteiger partial charge is 0.255 e. The highest BCUT2D eigenvalue weighted by atomic mass is 35.5. The number of carbonyl (C=O) groups excluding carboxylic acids is 2. The zero-order chi connectivity index (χ0) is 21.0. The average molecular weight is 421 g/mol. The topological polar surface area (TPSA) is 67.4 Å². The third-order valence-electron chi connectivity index (χ3n) is 4.72. The third kappa shape index (κ3) is 4.99. The van der Waals surface area contributed by atoms with Crippen molar-refractivity contribution in [2.75, 3.05) is 18.5 Å². The Balaban J connectivity index is 1.55. The predicted molar refractivity (Wildman–Crippen MR) is 106 cm³/mol. The summed E-state index contributed by atoms with van der Waals surface area (Å²) in [5.74, 6) is -2.92. The number of hydrogen-bond donors (Lipinski definition) is 2. The number of benzene rings is 2. The monoisotopic (exact) mass is 420 g/mol. The van der Waals surface area contributed by atoms with E-state index in [9.17, 15) is 18.4 Å². The number of rotatable bonds is 7. The van der Waals surface area contributed by atoms with Gasteiger partial charge in [-0.15, -0.1) is 0 Å². The van der Waals surface area contributed by atoms with Crippen molar-refractivity contribution in [3.8, 4) is 0 Å². The van der Waals surface area contributed by atoms with Gasteiger partial charge in [-0.3, -0.25) is 9.59 Å². The second-order valence-corrected chi connectivity index (χ2v) is 7.36. The third-order valence-corrected chi connectivity index (χ3v) is 4.97. The second kappa shape index (κ2) is 8.71. The summed E-state index contributed by atoms with van der Waals surface area (Å²) in [6.07, 6.45) is 0.732. The summed E-state index contributed by atoms with van der Waals surface area (Å²) in [6.45, 7) is 4.31. The minimum Gasteiger partial charge on any atom is -0.379 e. The van der Waals surface area contributed by atoms with Crippen molar-refractivity contribution in [1.82, 2.24) is 5.32 Å². The molecule has 152 valence electrons. The maximum absolute atomic E-state index is 13.3. The van der Waals surface area contributed by atoms with Crippen LogP contribution in [0.3, 0.4) is 0 Å². The van der Waals surface area contributed by atoms with E-state index < -0.39 is 23.0 Å². The molecule has 2 amide bonds. The Bertz CT molecular complexity index is 943. The Labute approximate surface area is 171 Å². The highest BCUT2D eigenvalue weighted by Crippen LogP contribution is 2.35. The molecule has 8 heteroatoms. The first kappa shape index (κ1) is 21.0. The molecule has 3 rings (SSSR count). The van der Waals surface area contributed by atoms with Crippen molar-refractivity contribution >= 4 is 29.1 Å². The molecular formula is C21H19ClF2N2O3. The van der Waals surface area contributed by atoms with Gasteiger partial charge >= 0.3 is 0 Å². The Hall–Kier alpha value is -2.77. The van der Waals surface area contributed by atoms with Crippen LogP contribution in [0.4, 0.5) is 14.5 Å². The molecule has 0 bridgehead atoms. The van der Waals surface area contributed by atoms with E-state index in [0.29, 0.717) is 29.2 Å². The SMILES string of the molecule is C=C(CCC1(C(=O)Nc2ccc(Cl)cc2)COC1)NC(=O)c1ccc(F)c(F)c1. The number of anilines is 1. The molecule has 1 fully saturated rings. The van der Waals surface area contributed by atoms with E-state index in [4.69, 9.17) is 16.3 Å². The standard InChI is InChI=1S/C21H19ClF2N2O3/c1-13(25-19(27)14-2-7-17(23)18(24)10-14)8-9-21(11-29-12-21)20(28)26-16-5-3-15(22)4-6-16/h2-7,10H,1,8-9,11-12H2,(H,25,27)(H,26,28). The van der Waals surface area contributed by atoms with Gasteiger partial charge in [0, 0.05) is 22.0 Å². The molecule has 1 heterocycles. The van der Waals surface area contributed by atoms with E-state index in [1.54, 1.807) is 24.3 Å². The summed E-state index contributed by atoms with van der Waals surface area (Å²) in [4.78, 5) is 24.9. The lowest BCUT2D eigenvalue weighted by atomic mass is 9.79. The summed E-state index contributed by atoms with van der Waals surface area (Å²) in [6, 6.07) is 9.64. The van der Waals surface area contributed by atoms with Crippen molar-refractivity contribution in [1.29, 1.82) is 0 Å². The van der Waals surface area contributed by atoms with Gasteiger partial charge in [0.1, 0.15) is 0 Å². The molecule has 0 saturated carbocycles. The van der Waals surface area contributed by atoms with Crippen LogP contribution in [0.15, 0.2) is 54.7 Å². The molecule has 0 unspecified atom stereocenters. The lowest BCUT2D eigenvalue weighted by Gasteiger charge is -2.40. The van der Waals surface area contributed by atoms with Gasteiger partial charge < -0.3 is 15.4 Å². The molecule has 2 aromatic carbocycles. The molecule has 2 N–H and O–H groups in total. The summed E-state index contributed by atoms with van der Waals surface area (Å²) in [5.41, 5.74) is 0.239. The van der Waals surface area contributed by atoms with Crippen LogP contribution in [0.2, 0.25) is 5.02 Å². The Kier molecular flexibility index (Phi) is 6.30. The number of ether oxygens (including phenoxy) is 1. The number of nitrogens with one attached hydrogen (secondary N) is 2. The summed E-state index contributed by atoms with van der Waals surface area (Å²) < 4.78 is 31.5. The van der Waals surface area contributed by atoms with Crippen LogP contribution in [0.5, 0.6) is 0 Å². The van der Waals surface area contributed by atoms with Gasteiger partial charge in [0.2, 0.25) is 5.91 Å². The fourth-order valence-corrected chi connectivity index (χ4v) is 2.98. The minimum atomic E-state index is -1.10. The Morgan fingerprint density at radius 2 is 1.79 bits per heavy atom. The van der Waals surface area contributed by atoms with Gasteiger partial charge in [-0.1, -0.05) is 18.2 Å². The molecule has 0 radical (unpaired) electrons. The van der Waals surface area contributed by atoms with Gasteiger partial charge in [-0.05, 0) is 55.3 Å². The van der Waals surface area contributed by atoms with Crippen LogP contribution < -0.4 is 10.6 Å². The molecule has 5 nitrogen and oxygen atoms in total. The number of allylic oxidation sites excluding steroid dienone is 1. The Morgan fingerprint density at radius 3 is 2.38 bits per heavy atom. The summed E-state index contributed by atoms with van der Waals surface area (Å²) in [7, 11) is 0. The van der Waals surface area contributed by atoms with Crippen LogP contribution >= 0.6 is 11.6 Å². The molecule has 29 heavy (non-hydrogen) atoms. The van der Waals surface area contributed by atoms with Gasteiger partial charge in [0.15, 0.2) is 11.6 Å². The minimum absolute atomic E-state index is 0.0211. The summed E-state index contributed by atoms with van der Waals surface area (Å²) >= 11 is 5.85. The van der Waals surface area contributed by atoms with E-state index in [1.165, 1.54) is 6.07 Å². The maximum atomic E-state index is 13.3. The molecular weight excluding hydrogens is 402 g/mol. The van der Waals surface area contributed by atoms with Crippen LogP contribution in [-0.2, 0) is 9.53 Å². The fourth-order valence-electron chi connectivity index (χ4n) is 2.86. The van der Waals surface area contributed by atoms with Gasteiger partial charge in [0.05, 0.1) is 18.6 Å². The first-order valence-corrected chi connectivity index (χ1v) is 9.26. The molecule has 0 spiro atoms. The van der Waals surface area contributed by atoms with Crippen molar-refractivity contribution in [2.24, 2.45) is 5.41 Å². The molecule has 0 atom stereocenters. The van der Waals surface area contributed by atoms with Crippen molar-refractivity contribution in [3.05, 3.63) is 77.0 Å². The number of carbonyl (C=O) groups is 2. The van der Waals surface area contributed by atoms with E-state index in [1.807, 2.05) is 0 Å². The normalized spacial score (nSPS) is 14.6. The largest absolute Gasteiger partial charge is 0.379 e. The summed E-state index contributed by atoms with van der Waals surface area (Å²) in [5, 5.41) is 5.96. The lowest BCUT2D eigenvalue weighted by Crippen LogP contribution is -2.51. The van der Waals surface area contributed by atoms with Crippen LogP contribution in [-0.4, -0.2) is 25.0 Å². The van der Waals surface area contributed by atoms with E-state index in [-0.39, 0.29) is 24.7 Å². The molecule has 1 aliphatic heterocycles. The quantitative estimate of drug-likeness (QED) is 0.702. The van der Waals surface area contributed by atoms with E-state index >= 15 is 0 Å². The highest BCUT2D eigenvalue weighted by molar-refractivity contribution is 6.30. The number of amides is 2. The van der Waals surface area contributed by atoms with Gasteiger partial charge in [-0.25, -0.2) is 8.78 Å². The maximum Gasteiger partial charge on any atom is 0.255 e. The highest BCUT2D eigenvalue weighted by Gasteiger charge is 2.45.